The lowest BCUT2D eigenvalue weighted by molar-refractivity contribution is -0.143. The lowest BCUT2D eigenvalue weighted by Crippen LogP contribution is -2.28. The Bertz CT molecular complexity index is 871. The molecular weight excluding hydrogens is 358 g/mol. The molecule has 146 valence electrons. The van der Waals surface area contributed by atoms with Crippen LogP contribution in [0.1, 0.15) is 36.5 Å². The van der Waals surface area contributed by atoms with Crippen molar-refractivity contribution in [1.29, 1.82) is 0 Å². The maximum atomic E-state index is 11.9. The molecule has 0 saturated heterocycles. The van der Waals surface area contributed by atoms with E-state index >= 15 is 0 Å². The smallest absolute Gasteiger partial charge is 0.331 e. The lowest BCUT2D eigenvalue weighted by atomic mass is 10.0. The van der Waals surface area contributed by atoms with Gasteiger partial charge in [-0.25, -0.2) is 4.79 Å². The van der Waals surface area contributed by atoms with Gasteiger partial charge in [-0.3, -0.25) is 4.79 Å². The monoisotopic (exact) mass is 381 g/mol. The van der Waals surface area contributed by atoms with Crippen LogP contribution < -0.4 is 14.8 Å². The molecule has 0 bridgehead atoms. The van der Waals surface area contributed by atoms with Crippen molar-refractivity contribution in [2.75, 3.05) is 13.4 Å². The second kappa shape index (κ2) is 9.08. The average Bonchev–Trinajstić information content (AvgIpc) is 3.17. The Kier molecular flexibility index (Phi) is 6.32. The van der Waals surface area contributed by atoms with Crippen LogP contribution in [0.4, 0.5) is 0 Å². The molecule has 0 unspecified atom stereocenters. The number of esters is 1. The van der Waals surface area contributed by atoms with Crippen LogP contribution in [-0.4, -0.2) is 25.3 Å². The van der Waals surface area contributed by atoms with E-state index in [1.54, 1.807) is 12.1 Å². The molecule has 0 radical (unpaired) electrons. The quantitative estimate of drug-likeness (QED) is 0.588. The molecule has 0 fully saturated rings. The highest BCUT2D eigenvalue weighted by atomic mass is 16.7. The van der Waals surface area contributed by atoms with Crippen molar-refractivity contribution in [3.63, 3.8) is 0 Å². The minimum absolute atomic E-state index is 0.205. The number of benzene rings is 2. The van der Waals surface area contributed by atoms with Gasteiger partial charge in [0.25, 0.3) is 5.91 Å². The van der Waals surface area contributed by atoms with Gasteiger partial charge in [0.2, 0.25) is 6.79 Å². The number of fused-ring (bicyclic) bond motifs is 1. The van der Waals surface area contributed by atoms with Crippen LogP contribution in [-0.2, 0) is 20.9 Å². The van der Waals surface area contributed by atoms with E-state index in [2.05, 4.69) is 19.2 Å². The minimum Gasteiger partial charge on any atom is -0.454 e. The number of ether oxygens (including phenoxy) is 3. The highest BCUT2D eigenvalue weighted by Gasteiger charge is 2.13. The highest BCUT2D eigenvalue weighted by Crippen LogP contribution is 2.32. The molecule has 3 rings (SSSR count). The van der Waals surface area contributed by atoms with Gasteiger partial charge in [0, 0.05) is 12.6 Å². The second-order valence-electron chi connectivity index (χ2n) is 6.73. The molecule has 1 aliphatic rings. The molecule has 0 saturated carbocycles. The number of nitrogens with one attached hydrogen (secondary N) is 1. The topological polar surface area (TPSA) is 73.9 Å². The third kappa shape index (κ3) is 5.36. The van der Waals surface area contributed by atoms with Crippen molar-refractivity contribution >= 4 is 18.0 Å². The molecule has 0 atom stereocenters. The fraction of sp³-hybridized carbons (Fsp3) is 0.273. The maximum absolute atomic E-state index is 11.9. The maximum Gasteiger partial charge on any atom is 0.331 e. The van der Waals surface area contributed by atoms with Crippen molar-refractivity contribution in [3.05, 3.63) is 65.2 Å². The molecule has 1 heterocycles. The summed E-state index contributed by atoms with van der Waals surface area (Å²) in [6.45, 7) is 4.43. The molecule has 1 aliphatic heterocycles. The molecule has 1 N–H and O–H groups in total. The minimum atomic E-state index is -0.564. The predicted molar refractivity (Wildman–Crippen MR) is 105 cm³/mol. The molecule has 0 aromatic heterocycles. The van der Waals surface area contributed by atoms with Crippen LogP contribution in [0.5, 0.6) is 11.5 Å². The van der Waals surface area contributed by atoms with E-state index in [-0.39, 0.29) is 19.3 Å². The lowest BCUT2D eigenvalue weighted by Gasteiger charge is -2.06. The third-order valence-electron chi connectivity index (χ3n) is 4.29. The normalized spacial score (nSPS) is 12.4. The Labute approximate surface area is 164 Å². The van der Waals surface area contributed by atoms with Gasteiger partial charge in [0.05, 0.1) is 0 Å². The first-order valence-electron chi connectivity index (χ1n) is 9.11. The van der Waals surface area contributed by atoms with E-state index in [4.69, 9.17) is 14.2 Å². The van der Waals surface area contributed by atoms with E-state index in [1.165, 1.54) is 11.6 Å². The van der Waals surface area contributed by atoms with Gasteiger partial charge >= 0.3 is 5.97 Å². The van der Waals surface area contributed by atoms with E-state index in [0.717, 1.165) is 11.1 Å². The van der Waals surface area contributed by atoms with Gasteiger partial charge in [-0.1, -0.05) is 44.2 Å². The van der Waals surface area contributed by atoms with Crippen molar-refractivity contribution in [2.24, 2.45) is 0 Å². The molecule has 28 heavy (non-hydrogen) atoms. The first-order valence-corrected chi connectivity index (χ1v) is 9.11. The number of hydrogen-bond acceptors (Lipinski definition) is 5. The van der Waals surface area contributed by atoms with Crippen molar-refractivity contribution in [1.82, 2.24) is 5.32 Å². The van der Waals surface area contributed by atoms with Gasteiger partial charge < -0.3 is 19.5 Å². The van der Waals surface area contributed by atoms with Crippen LogP contribution in [0.15, 0.2) is 48.5 Å². The Balaban J connectivity index is 1.40. The first kappa shape index (κ1) is 19.5. The van der Waals surface area contributed by atoms with Crippen molar-refractivity contribution in [3.8, 4) is 11.5 Å². The Hall–Kier alpha value is -3.28. The average molecular weight is 381 g/mol. The Morgan fingerprint density at radius 1 is 1.11 bits per heavy atom. The highest BCUT2D eigenvalue weighted by molar-refractivity contribution is 5.89. The summed E-state index contributed by atoms with van der Waals surface area (Å²) in [5.41, 5.74) is 3.00. The summed E-state index contributed by atoms with van der Waals surface area (Å²) in [6.07, 6.45) is 2.98. The molecule has 6 heteroatoms. The van der Waals surface area contributed by atoms with Crippen LogP contribution in [0.2, 0.25) is 0 Å². The summed E-state index contributed by atoms with van der Waals surface area (Å²) in [7, 11) is 0. The van der Waals surface area contributed by atoms with Crippen LogP contribution in [0.25, 0.3) is 6.08 Å². The molecule has 0 aliphatic carbocycles. The van der Waals surface area contributed by atoms with E-state index in [0.29, 0.717) is 24.0 Å². The third-order valence-corrected chi connectivity index (χ3v) is 4.29. The first-order chi connectivity index (χ1) is 13.5. The Morgan fingerprint density at radius 2 is 1.86 bits per heavy atom. The molecule has 6 nitrogen and oxygen atoms in total. The molecule has 0 spiro atoms. The fourth-order valence-corrected chi connectivity index (χ4v) is 2.64. The van der Waals surface area contributed by atoms with Gasteiger partial charge in [-0.15, -0.1) is 0 Å². The van der Waals surface area contributed by atoms with E-state index < -0.39 is 5.97 Å². The number of carbonyl (C=O) groups is 2. The summed E-state index contributed by atoms with van der Waals surface area (Å²) >= 11 is 0. The number of hydrogen-bond donors (Lipinski definition) is 1. The van der Waals surface area contributed by atoms with Crippen LogP contribution >= 0.6 is 0 Å². The van der Waals surface area contributed by atoms with Gasteiger partial charge in [0.1, 0.15) is 0 Å². The predicted octanol–water partition coefficient (Wildman–Crippen LogP) is 3.41. The number of amides is 1. The van der Waals surface area contributed by atoms with E-state index in [1.807, 2.05) is 36.4 Å². The summed E-state index contributed by atoms with van der Waals surface area (Å²) in [4.78, 5) is 23.6. The number of rotatable bonds is 7. The molecule has 2 aromatic rings. The molecular formula is C22H23NO5. The van der Waals surface area contributed by atoms with Gasteiger partial charge in [-0.2, -0.15) is 0 Å². The SMILES string of the molecule is CC(C)c1ccc(/C=C/C(=O)OCC(=O)NCc2ccc3c(c2)OCO3)cc1. The zero-order valence-electron chi connectivity index (χ0n) is 15.9. The molecule has 2 aromatic carbocycles. The summed E-state index contributed by atoms with van der Waals surface area (Å²) in [6, 6.07) is 13.4. The van der Waals surface area contributed by atoms with E-state index in [9.17, 15) is 9.59 Å². The van der Waals surface area contributed by atoms with Gasteiger partial charge in [0.15, 0.2) is 18.1 Å². The summed E-state index contributed by atoms with van der Waals surface area (Å²) in [5, 5.41) is 2.70. The van der Waals surface area contributed by atoms with Crippen LogP contribution in [0, 0.1) is 0 Å². The van der Waals surface area contributed by atoms with Crippen LogP contribution in [0.3, 0.4) is 0 Å². The van der Waals surface area contributed by atoms with Crippen molar-refractivity contribution in [2.45, 2.75) is 26.3 Å². The van der Waals surface area contributed by atoms with Gasteiger partial charge in [-0.05, 0) is 40.8 Å². The Morgan fingerprint density at radius 3 is 2.61 bits per heavy atom. The molecule has 1 amide bonds. The second-order valence-corrected chi connectivity index (χ2v) is 6.73. The summed E-state index contributed by atoms with van der Waals surface area (Å²) < 4.78 is 15.5. The number of carbonyl (C=O) groups excluding carboxylic acids is 2. The standard InChI is InChI=1S/C22H23NO5/c1-15(2)18-7-3-16(4-8-18)6-10-22(25)26-13-21(24)23-12-17-5-9-19-20(11-17)28-14-27-19/h3-11,15H,12-14H2,1-2H3,(H,23,24)/b10-6+. The largest absolute Gasteiger partial charge is 0.454 e. The van der Waals surface area contributed by atoms with Crippen molar-refractivity contribution < 1.29 is 23.8 Å². The fourth-order valence-electron chi connectivity index (χ4n) is 2.64. The summed E-state index contributed by atoms with van der Waals surface area (Å²) in [5.74, 6) is 0.866. The zero-order valence-corrected chi connectivity index (χ0v) is 15.9. The zero-order chi connectivity index (χ0) is 19.9.